The van der Waals surface area contributed by atoms with Crippen molar-refractivity contribution < 1.29 is 9.52 Å². The van der Waals surface area contributed by atoms with E-state index < -0.39 is 6.10 Å². The number of anilines is 2. The monoisotopic (exact) mass is 340 g/mol. The van der Waals surface area contributed by atoms with E-state index in [0.29, 0.717) is 17.6 Å². The number of hydrogen-bond donors (Lipinski definition) is 1. The average molecular weight is 340 g/mol. The Hall–Kier alpha value is -2.74. The summed E-state index contributed by atoms with van der Waals surface area (Å²) in [4.78, 5) is 21.7. The Morgan fingerprint density at radius 3 is 2.84 bits per heavy atom. The van der Waals surface area contributed by atoms with Gasteiger partial charge in [-0.2, -0.15) is 4.98 Å². The summed E-state index contributed by atoms with van der Waals surface area (Å²) in [5, 5.41) is 9.68. The van der Waals surface area contributed by atoms with E-state index in [9.17, 15) is 5.11 Å². The Bertz CT molecular complexity index is 847. The zero-order valence-electron chi connectivity index (χ0n) is 14.2. The van der Waals surface area contributed by atoms with Crippen LogP contribution in [0.5, 0.6) is 0 Å². The molecule has 4 heterocycles. The molecule has 8 heteroatoms. The fraction of sp³-hybridized carbons (Fsp3) is 0.412. The number of aliphatic hydroxyl groups is 1. The van der Waals surface area contributed by atoms with Crippen molar-refractivity contribution in [2.75, 3.05) is 29.4 Å². The number of pyridine rings is 1. The van der Waals surface area contributed by atoms with E-state index in [0.717, 1.165) is 31.0 Å². The van der Waals surface area contributed by atoms with Gasteiger partial charge in [-0.15, -0.1) is 0 Å². The first-order chi connectivity index (χ1) is 12.1. The lowest BCUT2D eigenvalue weighted by atomic mass is 10.2. The molecule has 3 aromatic heterocycles. The van der Waals surface area contributed by atoms with Crippen LogP contribution in [0.15, 0.2) is 35.0 Å². The zero-order valence-corrected chi connectivity index (χ0v) is 14.2. The van der Waals surface area contributed by atoms with Crippen molar-refractivity contribution in [3.63, 3.8) is 0 Å². The molecule has 0 radical (unpaired) electrons. The lowest BCUT2D eigenvalue weighted by molar-refractivity contribution is 0.189. The van der Waals surface area contributed by atoms with Crippen LogP contribution in [0, 0.1) is 0 Å². The van der Waals surface area contributed by atoms with Crippen LogP contribution in [-0.2, 0) is 0 Å². The van der Waals surface area contributed by atoms with E-state index >= 15 is 0 Å². The Morgan fingerprint density at radius 2 is 2.08 bits per heavy atom. The highest BCUT2D eigenvalue weighted by molar-refractivity contribution is 5.70. The van der Waals surface area contributed by atoms with Crippen molar-refractivity contribution in [2.24, 2.45) is 0 Å². The molecule has 1 unspecified atom stereocenters. The second-order valence-corrected chi connectivity index (χ2v) is 6.26. The highest BCUT2D eigenvalue weighted by Crippen LogP contribution is 2.25. The van der Waals surface area contributed by atoms with Gasteiger partial charge in [-0.05, 0) is 32.0 Å². The van der Waals surface area contributed by atoms with Gasteiger partial charge in [-0.1, -0.05) is 0 Å². The van der Waals surface area contributed by atoms with Gasteiger partial charge in [-0.3, -0.25) is 0 Å². The predicted octanol–water partition coefficient (Wildman–Crippen LogP) is 1.78. The van der Waals surface area contributed by atoms with Crippen molar-refractivity contribution in [3.05, 3.63) is 36.4 Å². The number of aromatic nitrogens is 4. The minimum Gasteiger partial charge on any atom is -0.404 e. The molecule has 25 heavy (non-hydrogen) atoms. The predicted molar refractivity (Wildman–Crippen MR) is 93.5 cm³/mol. The third-order valence-corrected chi connectivity index (χ3v) is 4.39. The third-order valence-electron chi connectivity index (χ3n) is 4.39. The standard InChI is InChI=1S/C17H20N6O2/c1-11-10-22(14-5-7-18-15(21-14)12(2)24)8-9-23(11)17-20-13-4-3-6-19-16(13)25-17/h3-7,11-12,24H,8-10H2,1-2H3/t11?,12-/m1/s1. The molecule has 0 spiro atoms. The van der Waals surface area contributed by atoms with Gasteiger partial charge in [-0.25, -0.2) is 15.0 Å². The van der Waals surface area contributed by atoms with Crippen LogP contribution in [0.1, 0.15) is 25.8 Å². The number of nitrogens with zero attached hydrogens (tertiary/aromatic N) is 6. The first-order valence-corrected chi connectivity index (χ1v) is 8.36. The molecule has 8 nitrogen and oxygen atoms in total. The van der Waals surface area contributed by atoms with Crippen LogP contribution in [-0.4, -0.2) is 50.7 Å². The van der Waals surface area contributed by atoms with Gasteiger partial charge in [0.2, 0.25) is 5.71 Å². The Balaban J connectivity index is 1.53. The average Bonchev–Trinajstić information content (AvgIpc) is 3.05. The molecule has 3 aromatic rings. The topological polar surface area (TPSA) is 91.4 Å². The van der Waals surface area contributed by atoms with Crippen molar-refractivity contribution in [3.8, 4) is 0 Å². The van der Waals surface area contributed by atoms with E-state index in [1.807, 2.05) is 18.2 Å². The maximum Gasteiger partial charge on any atom is 0.300 e. The molecule has 1 saturated heterocycles. The molecule has 1 fully saturated rings. The number of rotatable bonds is 3. The Kier molecular flexibility index (Phi) is 3.96. The van der Waals surface area contributed by atoms with Crippen LogP contribution in [0.4, 0.5) is 11.8 Å². The molecule has 0 aliphatic carbocycles. The van der Waals surface area contributed by atoms with Gasteiger partial charge in [0.1, 0.15) is 17.4 Å². The fourth-order valence-corrected chi connectivity index (χ4v) is 3.07. The summed E-state index contributed by atoms with van der Waals surface area (Å²) in [5.41, 5.74) is 1.33. The van der Waals surface area contributed by atoms with Crippen LogP contribution in [0.25, 0.3) is 11.2 Å². The Labute approximate surface area is 145 Å². The molecule has 130 valence electrons. The molecule has 0 saturated carbocycles. The molecular weight excluding hydrogens is 320 g/mol. The van der Waals surface area contributed by atoms with E-state index in [1.54, 1.807) is 19.3 Å². The molecule has 0 amide bonds. The van der Waals surface area contributed by atoms with Crippen molar-refractivity contribution in [1.29, 1.82) is 0 Å². The minimum absolute atomic E-state index is 0.201. The lowest BCUT2D eigenvalue weighted by Crippen LogP contribution is -2.52. The van der Waals surface area contributed by atoms with Crippen LogP contribution < -0.4 is 9.80 Å². The van der Waals surface area contributed by atoms with Crippen LogP contribution in [0.2, 0.25) is 0 Å². The van der Waals surface area contributed by atoms with E-state index in [2.05, 4.69) is 36.7 Å². The van der Waals surface area contributed by atoms with E-state index in [1.165, 1.54) is 0 Å². The summed E-state index contributed by atoms with van der Waals surface area (Å²) in [6.45, 7) is 6.13. The normalized spacial score (nSPS) is 19.4. The summed E-state index contributed by atoms with van der Waals surface area (Å²) in [6, 6.07) is 6.43. The van der Waals surface area contributed by atoms with Crippen molar-refractivity contribution >= 4 is 23.1 Å². The van der Waals surface area contributed by atoms with Crippen molar-refractivity contribution in [2.45, 2.75) is 26.0 Å². The summed E-state index contributed by atoms with van der Waals surface area (Å²) >= 11 is 0. The van der Waals surface area contributed by atoms with E-state index in [-0.39, 0.29) is 6.04 Å². The first-order valence-electron chi connectivity index (χ1n) is 8.36. The zero-order chi connectivity index (χ0) is 17.4. The molecule has 1 N–H and O–H groups in total. The summed E-state index contributed by atoms with van der Waals surface area (Å²) < 4.78 is 5.80. The second kappa shape index (κ2) is 6.29. The smallest absolute Gasteiger partial charge is 0.300 e. The number of hydrogen-bond acceptors (Lipinski definition) is 8. The molecule has 0 aromatic carbocycles. The fourth-order valence-electron chi connectivity index (χ4n) is 3.07. The molecule has 2 atom stereocenters. The van der Waals surface area contributed by atoms with Gasteiger partial charge < -0.3 is 19.3 Å². The molecule has 1 aliphatic heterocycles. The molecule has 0 bridgehead atoms. The van der Waals surface area contributed by atoms with Crippen LogP contribution >= 0.6 is 0 Å². The maximum atomic E-state index is 9.68. The SMILES string of the molecule is CC1CN(c2ccnc([C@@H](C)O)n2)CCN1c1nc2cccnc2o1. The van der Waals surface area contributed by atoms with E-state index in [4.69, 9.17) is 4.42 Å². The summed E-state index contributed by atoms with van der Waals surface area (Å²) in [5.74, 6) is 1.27. The minimum atomic E-state index is -0.675. The number of fused-ring (bicyclic) bond motifs is 1. The van der Waals surface area contributed by atoms with Gasteiger partial charge >= 0.3 is 0 Å². The molecular formula is C17H20N6O2. The quantitative estimate of drug-likeness (QED) is 0.771. The van der Waals surface area contributed by atoms with Gasteiger partial charge in [0, 0.05) is 38.1 Å². The number of piperazine rings is 1. The van der Waals surface area contributed by atoms with Gasteiger partial charge in [0.05, 0.1) is 0 Å². The Morgan fingerprint density at radius 1 is 1.20 bits per heavy atom. The van der Waals surface area contributed by atoms with Gasteiger partial charge in [0.25, 0.3) is 6.01 Å². The molecule has 1 aliphatic rings. The largest absolute Gasteiger partial charge is 0.404 e. The highest BCUT2D eigenvalue weighted by atomic mass is 16.4. The summed E-state index contributed by atoms with van der Waals surface area (Å²) in [6.07, 6.45) is 2.72. The third kappa shape index (κ3) is 3.00. The first kappa shape index (κ1) is 15.8. The molecule has 4 rings (SSSR count). The van der Waals surface area contributed by atoms with Crippen LogP contribution in [0.3, 0.4) is 0 Å². The van der Waals surface area contributed by atoms with Gasteiger partial charge in [0.15, 0.2) is 5.82 Å². The maximum absolute atomic E-state index is 9.68. The highest BCUT2D eigenvalue weighted by Gasteiger charge is 2.28. The number of aliphatic hydroxyl groups excluding tert-OH is 1. The second-order valence-electron chi connectivity index (χ2n) is 6.26. The number of oxazole rings is 1. The lowest BCUT2D eigenvalue weighted by Gasteiger charge is -2.39. The summed E-state index contributed by atoms with van der Waals surface area (Å²) in [7, 11) is 0. The van der Waals surface area contributed by atoms with Crippen molar-refractivity contribution in [1.82, 2.24) is 19.9 Å².